The van der Waals surface area contributed by atoms with E-state index in [-0.39, 0.29) is 5.13 Å². The molecule has 11 heteroatoms. The number of hydrogen-bond acceptors (Lipinski definition) is 7. The second-order valence-electron chi connectivity index (χ2n) is 6.48. The molecule has 8 nitrogen and oxygen atoms in total. The average Bonchev–Trinajstić information content (AvgIpc) is 3.34. The molecule has 0 saturated carbocycles. The third-order valence-electron chi connectivity index (χ3n) is 4.20. The van der Waals surface area contributed by atoms with Gasteiger partial charge in [-0.1, -0.05) is 12.1 Å². The standard InChI is InChI=1S/C19H17FN6O2S2/c1-12-4-3-5-14(10-12)26(18-8-9-21-23-18)15-6-7-17(16(20)11-15)30(27,28)25-19-22-13(2)24-29-19/h3-11H,1-2H3,(H,21,23)(H,22,24,25). The van der Waals surface area contributed by atoms with Crippen molar-refractivity contribution in [3.05, 3.63) is 71.9 Å². The number of H-pyrrole nitrogens is 1. The SMILES string of the molecule is Cc1cccc(N(c2ccc(S(=O)(=O)Nc3nc(C)ns3)c(F)c2)c2ccn[nH]2)c1. The average molecular weight is 445 g/mol. The van der Waals surface area contributed by atoms with Gasteiger partial charge in [-0.25, -0.2) is 17.8 Å². The molecule has 0 aliphatic rings. The molecule has 0 unspecified atom stereocenters. The van der Waals surface area contributed by atoms with E-state index < -0.39 is 20.7 Å². The summed E-state index contributed by atoms with van der Waals surface area (Å²) in [7, 11) is -4.15. The fourth-order valence-corrected chi connectivity index (χ4v) is 4.78. The second-order valence-corrected chi connectivity index (χ2v) is 8.89. The molecule has 0 saturated heterocycles. The van der Waals surface area contributed by atoms with Gasteiger partial charge in [-0.15, -0.1) is 0 Å². The number of benzene rings is 2. The van der Waals surface area contributed by atoms with E-state index in [1.807, 2.05) is 31.2 Å². The third-order valence-corrected chi connectivity index (χ3v) is 6.42. The monoisotopic (exact) mass is 444 g/mol. The zero-order valence-corrected chi connectivity index (χ0v) is 17.6. The van der Waals surface area contributed by atoms with Gasteiger partial charge in [-0.2, -0.15) is 9.47 Å². The summed E-state index contributed by atoms with van der Waals surface area (Å²) in [6.07, 6.45) is 1.58. The van der Waals surface area contributed by atoms with Crippen LogP contribution in [0.25, 0.3) is 0 Å². The van der Waals surface area contributed by atoms with Crippen molar-refractivity contribution in [3.63, 3.8) is 0 Å². The van der Waals surface area contributed by atoms with Crippen molar-refractivity contribution in [2.45, 2.75) is 18.7 Å². The van der Waals surface area contributed by atoms with Gasteiger partial charge in [0, 0.05) is 23.3 Å². The quantitative estimate of drug-likeness (QED) is 0.460. The van der Waals surface area contributed by atoms with Gasteiger partial charge in [-0.05, 0) is 49.7 Å². The van der Waals surface area contributed by atoms with Crippen LogP contribution in [0.15, 0.2) is 59.6 Å². The van der Waals surface area contributed by atoms with Crippen LogP contribution in [0, 0.1) is 19.7 Å². The highest BCUT2D eigenvalue weighted by Gasteiger charge is 2.23. The van der Waals surface area contributed by atoms with Crippen LogP contribution in [0.5, 0.6) is 0 Å². The summed E-state index contributed by atoms with van der Waals surface area (Å²) in [6, 6.07) is 13.3. The fraction of sp³-hybridized carbons (Fsp3) is 0.105. The zero-order chi connectivity index (χ0) is 21.3. The maximum absolute atomic E-state index is 14.9. The highest BCUT2D eigenvalue weighted by atomic mass is 32.2. The van der Waals surface area contributed by atoms with E-state index in [1.165, 1.54) is 18.2 Å². The van der Waals surface area contributed by atoms with Crippen LogP contribution in [0.4, 0.5) is 26.7 Å². The van der Waals surface area contributed by atoms with Crippen LogP contribution in [0.3, 0.4) is 0 Å². The molecule has 0 bridgehead atoms. The smallest absolute Gasteiger partial charge is 0.266 e. The van der Waals surface area contributed by atoms with Crippen LogP contribution >= 0.6 is 11.5 Å². The first kappa shape index (κ1) is 20.0. The van der Waals surface area contributed by atoms with E-state index in [2.05, 4.69) is 24.3 Å². The van der Waals surface area contributed by atoms with Gasteiger partial charge in [0.05, 0.1) is 11.9 Å². The van der Waals surface area contributed by atoms with Crippen molar-refractivity contribution in [1.82, 2.24) is 19.6 Å². The lowest BCUT2D eigenvalue weighted by molar-refractivity contribution is 0.570. The maximum Gasteiger partial charge on any atom is 0.266 e. The first-order valence-corrected chi connectivity index (χ1v) is 11.1. The van der Waals surface area contributed by atoms with E-state index in [1.54, 1.807) is 24.1 Å². The molecule has 0 aliphatic carbocycles. The number of halogens is 1. The van der Waals surface area contributed by atoms with Crippen molar-refractivity contribution >= 4 is 43.9 Å². The summed E-state index contributed by atoms with van der Waals surface area (Å²) < 4.78 is 46.4. The summed E-state index contributed by atoms with van der Waals surface area (Å²) in [6.45, 7) is 3.59. The van der Waals surface area contributed by atoms with Crippen molar-refractivity contribution in [2.75, 3.05) is 9.62 Å². The summed E-state index contributed by atoms with van der Waals surface area (Å²) in [5.74, 6) is 0.151. The summed E-state index contributed by atoms with van der Waals surface area (Å²) >= 11 is 0.889. The molecule has 0 amide bonds. The van der Waals surface area contributed by atoms with Crippen molar-refractivity contribution in [3.8, 4) is 0 Å². The second kappa shape index (κ2) is 7.84. The molecule has 2 aromatic carbocycles. The number of aromatic amines is 1. The Bertz CT molecular complexity index is 1290. The van der Waals surface area contributed by atoms with E-state index in [9.17, 15) is 12.8 Å². The Hall–Kier alpha value is -3.31. The van der Waals surface area contributed by atoms with Crippen LogP contribution in [0.2, 0.25) is 0 Å². The molecule has 2 N–H and O–H groups in total. The van der Waals surface area contributed by atoms with Gasteiger partial charge in [0.1, 0.15) is 22.4 Å². The van der Waals surface area contributed by atoms with Gasteiger partial charge in [0.25, 0.3) is 10.0 Å². The number of nitrogens with zero attached hydrogens (tertiary/aromatic N) is 4. The molecule has 154 valence electrons. The van der Waals surface area contributed by atoms with Gasteiger partial charge in [0.15, 0.2) is 0 Å². The third kappa shape index (κ3) is 4.02. The molecule has 30 heavy (non-hydrogen) atoms. The molecule has 4 rings (SSSR count). The number of anilines is 4. The van der Waals surface area contributed by atoms with E-state index in [4.69, 9.17) is 0 Å². The maximum atomic E-state index is 14.9. The van der Waals surface area contributed by atoms with Crippen LogP contribution in [-0.4, -0.2) is 28.0 Å². The lowest BCUT2D eigenvalue weighted by Gasteiger charge is -2.24. The molecular formula is C19H17FN6O2S2. The predicted octanol–water partition coefficient (Wildman–Crippen LogP) is 4.29. The Morgan fingerprint density at radius 2 is 1.90 bits per heavy atom. The Morgan fingerprint density at radius 1 is 1.10 bits per heavy atom. The number of sulfonamides is 1. The number of aryl methyl sites for hydroxylation is 2. The normalized spacial score (nSPS) is 11.4. The Labute approximate surface area is 176 Å². The minimum atomic E-state index is -4.15. The van der Waals surface area contributed by atoms with Gasteiger partial charge in [-0.3, -0.25) is 14.7 Å². The van der Waals surface area contributed by atoms with Crippen LogP contribution in [0.1, 0.15) is 11.4 Å². The lowest BCUT2D eigenvalue weighted by atomic mass is 10.2. The van der Waals surface area contributed by atoms with Crippen LogP contribution in [-0.2, 0) is 10.0 Å². The molecule has 0 atom stereocenters. The van der Waals surface area contributed by atoms with E-state index >= 15 is 0 Å². The first-order valence-electron chi connectivity index (χ1n) is 8.82. The fourth-order valence-electron chi connectivity index (χ4n) is 2.92. The topological polar surface area (TPSA) is 104 Å². The molecule has 4 aromatic rings. The van der Waals surface area contributed by atoms with Crippen molar-refractivity contribution in [2.24, 2.45) is 0 Å². The largest absolute Gasteiger partial charge is 0.295 e. The first-order chi connectivity index (χ1) is 14.3. The summed E-state index contributed by atoms with van der Waals surface area (Å²) in [5, 5.41) is 6.91. The Kier molecular flexibility index (Phi) is 5.22. The lowest BCUT2D eigenvalue weighted by Crippen LogP contribution is -2.16. The highest BCUT2D eigenvalue weighted by Crippen LogP contribution is 2.35. The molecular weight excluding hydrogens is 427 g/mol. The minimum absolute atomic E-state index is 0.0785. The van der Waals surface area contributed by atoms with Crippen molar-refractivity contribution < 1.29 is 12.8 Å². The molecule has 0 fully saturated rings. The number of aromatic nitrogens is 4. The van der Waals surface area contributed by atoms with E-state index in [0.717, 1.165) is 22.8 Å². The Morgan fingerprint density at radius 3 is 2.53 bits per heavy atom. The Balaban J connectivity index is 1.73. The molecule has 0 spiro atoms. The number of hydrogen-bond donors (Lipinski definition) is 2. The number of rotatable bonds is 6. The molecule has 2 heterocycles. The van der Waals surface area contributed by atoms with Gasteiger partial charge < -0.3 is 0 Å². The molecule has 2 aromatic heterocycles. The molecule has 0 radical (unpaired) electrons. The summed E-state index contributed by atoms with van der Waals surface area (Å²) in [4.78, 5) is 5.23. The highest BCUT2D eigenvalue weighted by molar-refractivity contribution is 7.93. The zero-order valence-electron chi connectivity index (χ0n) is 16.0. The van der Waals surface area contributed by atoms with Gasteiger partial charge in [0.2, 0.25) is 5.13 Å². The van der Waals surface area contributed by atoms with E-state index in [0.29, 0.717) is 17.3 Å². The van der Waals surface area contributed by atoms with Crippen molar-refractivity contribution in [1.29, 1.82) is 0 Å². The molecule has 0 aliphatic heterocycles. The number of nitrogens with one attached hydrogen (secondary N) is 2. The minimum Gasteiger partial charge on any atom is -0.295 e. The summed E-state index contributed by atoms with van der Waals surface area (Å²) in [5.41, 5.74) is 2.23. The van der Waals surface area contributed by atoms with Crippen LogP contribution < -0.4 is 9.62 Å². The predicted molar refractivity (Wildman–Crippen MR) is 113 cm³/mol. The van der Waals surface area contributed by atoms with Gasteiger partial charge >= 0.3 is 0 Å².